The van der Waals surface area contributed by atoms with Gasteiger partial charge < -0.3 is 4.98 Å². The summed E-state index contributed by atoms with van der Waals surface area (Å²) < 4.78 is 26.2. The molecule has 0 radical (unpaired) electrons. The third-order valence-corrected chi connectivity index (χ3v) is 4.72. The first-order valence-corrected chi connectivity index (χ1v) is 7.93. The van der Waals surface area contributed by atoms with Crippen LogP contribution in [0.15, 0.2) is 33.5 Å². The van der Waals surface area contributed by atoms with Crippen molar-refractivity contribution in [1.29, 1.82) is 0 Å². The maximum atomic E-state index is 11.9. The van der Waals surface area contributed by atoms with Gasteiger partial charge in [-0.25, -0.2) is 18.1 Å². The molecule has 0 aromatic carbocycles. The molecule has 0 spiro atoms. The molecule has 0 aliphatic rings. The number of aromatic nitrogens is 2. The van der Waals surface area contributed by atoms with E-state index in [2.05, 4.69) is 14.7 Å². The summed E-state index contributed by atoms with van der Waals surface area (Å²) in [6, 6.07) is 1.18. The summed E-state index contributed by atoms with van der Waals surface area (Å²) in [4.78, 5) is 18.0. The predicted molar refractivity (Wildman–Crippen MR) is 72.8 cm³/mol. The number of hydrogen-bond acceptors (Lipinski definition) is 5. The van der Waals surface area contributed by atoms with Crippen LogP contribution in [0, 0.1) is 6.92 Å². The molecule has 19 heavy (non-hydrogen) atoms. The molecule has 2 heterocycles. The third-order valence-electron chi connectivity index (χ3n) is 2.42. The van der Waals surface area contributed by atoms with Crippen molar-refractivity contribution in [2.24, 2.45) is 0 Å². The lowest BCUT2D eigenvalue weighted by Gasteiger charge is -2.04. The Hall–Kier alpha value is -1.51. The predicted octanol–water partition coefficient (Wildman–Crippen LogP) is 0.661. The SMILES string of the molecule is Cc1nc(CCNS(=O)(=O)c2c[nH]ccc2=O)cs1. The highest BCUT2D eigenvalue weighted by Gasteiger charge is 2.16. The van der Waals surface area contributed by atoms with Gasteiger partial charge in [-0.15, -0.1) is 11.3 Å². The fourth-order valence-electron chi connectivity index (χ4n) is 1.53. The Morgan fingerprint density at radius 3 is 2.89 bits per heavy atom. The second-order valence-electron chi connectivity index (χ2n) is 3.88. The summed E-state index contributed by atoms with van der Waals surface area (Å²) in [7, 11) is -3.77. The highest BCUT2D eigenvalue weighted by Crippen LogP contribution is 2.08. The molecular weight excluding hydrogens is 286 g/mol. The van der Waals surface area contributed by atoms with E-state index in [9.17, 15) is 13.2 Å². The van der Waals surface area contributed by atoms with Gasteiger partial charge in [0.2, 0.25) is 15.5 Å². The van der Waals surface area contributed by atoms with Crippen molar-refractivity contribution in [2.45, 2.75) is 18.2 Å². The smallest absolute Gasteiger partial charge is 0.245 e. The van der Waals surface area contributed by atoms with Crippen LogP contribution in [0.1, 0.15) is 10.7 Å². The number of rotatable bonds is 5. The molecule has 2 rings (SSSR count). The van der Waals surface area contributed by atoms with Crippen molar-refractivity contribution in [1.82, 2.24) is 14.7 Å². The number of sulfonamides is 1. The van der Waals surface area contributed by atoms with Crippen LogP contribution in [-0.4, -0.2) is 24.9 Å². The Balaban J connectivity index is 2.03. The summed E-state index contributed by atoms with van der Waals surface area (Å²) >= 11 is 1.52. The van der Waals surface area contributed by atoms with E-state index >= 15 is 0 Å². The van der Waals surface area contributed by atoms with E-state index in [1.807, 2.05) is 12.3 Å². The summed E-state index contributed by atoms with van der Waals surface area (Å²) in [6.07, 6.45) is 3.06. The van der Waals surface area contributed by atoms with Gasteiger partial charge in [0.05, 0.1) is 10.7 Å². The number of thiazole rings is 1. The molecule has 0 unspecified atom stereocenters. The summed E-state index contributed by atoms with van der Waals surface area (Å²) in [5, 5.41) is 2.83. The fraction of sp³-hybridized carbons (Fsp3) is 0.273. The molecule has 0 amide bonds. The van der Waals surface area contributed by atoms with Crippen molar-refractivity contribution in [3.63, 3.8) is 0 Å². The van der Waals surface area contributed by atoms with Crippen LogP contribution in [0.4, 0.5) is 0 Å². The largest absolute Gasteiger partial charge is 0.366 e. The third kappa shape index (κ3) is 3.49. The first kappa shape index (κ1) is 13.9. The standard InChI is InChI=1S/C11H13N3O3S2/c1-8-14-9(7-18-8)2-5-13-19(16,17)11-6-12-4-3-10(11)15/h3-4,6-7,13H,2,5H2,1H3,(H,12,15). The Morgan fingerprint density at radius 2 is 2.26 bits per heavy atom. The summed E-state index contributed by atoms with van der Waals surface area (Å²) in [5.74, 6) is 0. The van der Waals surface area contributed by atoms with E-state index in [-0.39, 0.29) is 11.4 Å². The van der Waals surface area contributed by atoms with Crippen molar-refractivity contribution < 1.29 is 8.42 Å². The second-order valence-corrected chi connectivity index (χ2v) is 6.68. The second kappa shape index (κ2) is 5.64. The van der Waals surface area contributed by atoms with Gasteiger partial charge in [-0.1, -0.05) is 0 Å². The molecule has 0 bridgehead atoms. The van der Waals surface area contributed by atoms with E-state index in [1.54, 1.807) is 0 Å². The molecule has 0 atom stereocenters. The van der Waals surface area contributed by atoms with Crippen LogP contribution >= 0.6 is 11.3 Å². The lowest BCUT2D eigenvalue weighted by Crippen LogP contribution is -2.30. The monoisotopic (exact) mass is 299 g/mol. The molecular formula is C11H13N3O3S2. The lowest BCUT2D eigenvalue weighted by atomic mass is 10.3. The molecule has 0 saturated carbocycles. The number of aryl methyl sites for hydroxylation is 1. The van der Waals surface area contributed by atoms with Crippen molar-refractivity contribution in [3.05, 3.63) is 44.8 Å². The number of H-pyrrole nitrogens is 1. The molecule has 2 aromatic heterocycles. The molecule has 0 fully saturated rings. The lowest BCUT2D eigenvalue weighted by molar-refractivity contribution is 0.580. The Kier molecular flexibility index (Phi) is 4.13. The molecule has 2 N–H and O–H groups in total. The summed E-state index contributed by atoms with van der Waals surface area (Å²) in [6.45, 7) is 2.10. The number of nitrogens with one attached hydrogen (secondary N) is 2. The zero-order chi connectivity index (χ0) is 13.9. The number of hydrogen-bond donors (Lipinski definition) is 2. The summed E-state index contributed by atoms with van der Waals surface area (Å²) in [5.41, 5.74) is 0.308. The van der Waals surface area contributed by atoms with Gasteiger partial charge in [0.1, 0.15) is 4.90 Å². The van der Waals surface area contributed by atoms with Gasteiger partial charge in [-0.3, -0.25) is 4.79 Å². The number of nitrogens with zero attached hydrogens (tertiary/aromatic N) is 1. The van der Waals surface area contributed by atoms with Gasteiger partial charge >= 0.3 is 0 Å². The zero-order valence-corrected chi connectivity index (χ0v) is 11.8. The van der Waals surface area contributed by atoms with Crippen molar-refractivity contribution >= 4 is 21.4 Å². The van der Waals surface area contributed by atoms with Gasteiger partial charge in [0, 0.05) is 36.8 Å². The van der Waals surface area contributed by atoms with Gasteiger partial charge in [0.25, 0.3) is 0 Å². The topological polar surface area (TPSA) is 91.9 Å². The van der Waals surface area contributed by atoms with Gasteiger partial charge in [-0.2, -0.15) is 0 Å². The Bertz CT molecular complexity index is 719. The zero-order valence-electron chi connectivity index (χ0n) is 10.2. The average Bonchev–Trinajstić information content (AvgIpc) is 2.75. The minimum absolute atomic E-state index is 0.208. The normalized spacial score (nSPS) is 11.6. The van der Waals surface area contributed by atoms with Crippen molar-refractivity contribution in [3.8, 4) is 0 Å². The van der Waals surface area contributed by atoms with Crippen LogP contribution in [0.25, 0.3) is 0 Å². The molecule has 8 heteroatoms. The van der Waals surface area contributed by atoms with Crippen LogP contribution in [-0.2, 0) is 16.4 Å². The minimum atomic E-state index is -3.77. The molecule has 0 aliphatic heterocycles. The van der Waals surface area contributed by atoms with E-state index in [0.717, 1.165) is 10.7 Å². The van der Waals surface area contributed by atoms with Gasteiger partial charge in [-0.05, 0) is 6.92 Å². The average molecular weight is 299 g/mol. The minimum Gasteiger partial charge on any atom is -0.366 e. The number of aromatic amines is 1. The Labute approximate surface area is 114 Å². The van der Waals surface area contributed by atoms with Crippen LogP contribution in [0.5, 0.6) is 0 Å². The highest BCUT2D eigenvalue weighted by molar-refractivity contribution is 7.89. The molecule has 0 aliphatic carbocycles. The molecule has 102 valence electrons. The van der Waals surface area contributed by atoms with E-state index in [1.165, 1.54) is 29.8 Å². The molecule has 0 saturated heterocycles. The first-order valence-electron chi connectivity index (χ1n) is 5.57. The van der Waals surface area contributed by atoms with E-state index in [4.69, 9.17) is 0 Å². The van der Waals surface area contributed by atoms with Crippen LogP contribution < -0.4 is 10.2 Å². The first-order chi connectivity index (χ1) is 8.99. The quantitative estimate of drug-likeness (QED) is 0.848. The Morgan fingerprint density at radius 1 is 1.47 bits per heavy atom. The van der Waals surface area contributed by atoms with Crippen LogP contribution in [0.2, 0.25) is 0 Å². The van der Waals surface area contributed by atoms with E-state index < -0.39 is 15.5 Å². The molecule has 2 aromatic rings. The van der Waals surface area contributed by atoms with E-state index in [0.29, 0.717) is 6.42 Å². The molecule has 6 nitrogen and oxygen atoms in total. The highest BCUT2D eigenvalue weighted by atomic mass is 32.2. The van der Waals surface area contributed by atoms with Crippen molar-refractivity contribution in [2.75, 3.05) is 6.54 Å². The number of pyridine rings is 1. The maximum absolute atomic E-state index is 11.9. The maximum Gasteiger partial charge on any atom is 0.245 e. The van der Waals surface area contributed by atoms with Gasteiger partial charge in [0.15, 0.2) is 0 Å². The fourth-order valence-corrected chi connectivity index (χ4v) is 3.25. The van der Waals surface area contributed by atoms with Crippen LogP contribution in [0.3, 0.4) is 0 Å².